The largest absolute Gasteiger partial charge is 0.476 e. The number of nitrogens with zero attached hydrogens (tertiary/aromatic N) is 2. The van der Waals surface area contributed by atoms with Crippen LogP contribution in [-0.2, 0) is 6.61 Å². The highest BCUT2D eigenvalue weighted by Gasteiger charge is 2.11. The molecule has 2 rings (SSSR count). The van der Waals surface area contributed by atoms with Gasteiger partial charge in [-0.25, -0.2) is 9.78 Å². The van der Waals surface area contributed by atoms with Crippen LogP contribution in [-0.4, -0.2) is 25.6 Å². The molecule has 5 nitrogen and oxygen atoms in total. The quantitative estimate of drug-likeness (QED) is 0.814. The maximum absolute atomic E-state index is 10.7. The van der Waals surface area contributed by atoms with E-state index < -0.39 is 5.97 Å². The van der Waals surface area contributed by atoms with Crippen LogP contribution in [0.2, 0.25) is 0 Å². The van der Waals surface area contributed by atoms with Gasteiger partial charge in [0.05, 0.1) is 10.2 Å². The fraction of sp³-hybridized carbons (Fsp3) is 0.111. The molecule has 78 valence electrons. The van der Waals surface area contributed by atoms with Crippen LogP contribution in [0.5, 0.6) is 0 Å². The molecular formula is C9H7IN2O3. The van der Waals surface area contributed by atoms with Gasteiger partial charge in [0.25, 0.3) is 0 Å². The molecular weight excluding hydrogens is 311 g/mol. The molecule has 0 radical (unpaired) electrons. The number of aromatic carboxylic acids is 1. The standard InChI is InChI=1S/C9H7IN2O3/c10-6-1-5(4-13)2-12-3-7(9(14)15)11-8(6)12/h1-3,13H,4H2,(H,14,15). The number of hydrogen-bond donors (Lipinski definition) is 2. The zero-order chi connectivity index (χ0) is 11.0. The fourth-order valence-corrected chi connectivity index (χ4v) is 2.10. The number of aromatic nitrogens is 2. The lowest BCUT2D eigenvalue weighted by Crippen LogP contribution is -1.95. The van der Waals surface area contributed by atoms with Crippen LogP contribution in [0.25, 0.3) is 5.65 Å². The summed E-state index contributed by atoms with van der Waals surface area (Å²) in [5.74, 6) is -1.06. The van der Waals surface area contributed by atoms with Gasteiger partial charge < -0.3 is 14.6 Å². The summed E-state index contributed by atoms with van der Waals surface area (Å²) in [5, 5.41) is 17.8. The number of aliphatic hydroxyl groups is 1. The average Bonchev–Trinajstić information content (AvgIpc) is 2.61. The molecule has 15 heavy (non-hydrogen) atoms. The summed E-state index contributed by atoms with van der Waals surface area (Å²) in [5.41, 5.74) is 1.31. The van der Waals surface area contributed by atoms with Crippen LogP contribution >= 0.6 is 22.6 Å². The predicted octanol–water partition coefficient (Wildman–Crippen LogP) is 1.13. The van der Waals surface area contributed by atoms with Gasteiger partial charge >= 0.3 is 5.97 Å². The SMILES string of the molecule is O=C(O)c1cn2cc(CO)cc(I)c2n1. The number of rotatable bonds is 2. The Bertz CT molecular complexity index is 535. The molecule has 2 aromatic rings. The predicted molar refractivity (Wildman–Crippen MR) is 60.8 cm³/mol. The molecule has 0 spiro atoms. The van der Waals surface area contributed by atoms with Crippen molar-refractivity contribution in [3.05, 3.63) is 33.3 Å². The van der Waals surface area contributed by atoms with Crippen molar-refractivity contribution in [2.75, 3.05) is 0 Å². The Morgan fingerprint density at radius 1 is 1.53 bits per heavy atom. The second-order valence-corrected chi connectivity index (χ2v) is 4.18. The van der Waals surface area contributed by atoms with Gasteiger partial charge in [-0.3, -0.25) is 0 Å². The van der Waals surface area contributed by atoms with Gasteiger partial charge in [-0.05, 0) is 34.2 Å². The summed E-state index contributed by atoms with van der Waals surface area (Å²) in [6.07, 6.45) is 3.09. The summed E-state index contributed by atoms with van der Waals surface area (Å²) in [6, 6.07) is 1.77. The van der Waals surface area contributed by atoms with E-state index >= 15 is 0 Å². The van der Waals surface area contributed by atoms with Gasteiger partial charge in [0, 0.05) is 12.4 Å². The lowest BCUT2D eigenvalue weighted by molar-refractivity contribution is 0.0691. The molecule has 0 saturated heterocycles. The summed E-state index contributed by atoms with van der Waals surface area (Å²) < 4.78 is 2.42. The van der Waals surface area contributed by atoms with Gasteiger partial charge in [-0.2, -0.15) is 0 Å². The van der Waals surface area contributed by atoms with Crippen LogP contribution in [0.3, 0.4) is 0 Å². The number of aliphatic hydroxyl groups excluding tert-OH is 1. The van der Waals surface area contributed by atoms with Crippen molar-refractivity contribution < 1.29 is 15.0 Å². The minimum absolute atomic E-state index is 0.00278. The first kappa shape index (κ1) is 10.4. The zero-order valence-corrected chi connectivity index (χ0v) is 9.67. The molecule has 2 aromatic heterocycles. The van der Waals surface area contributed by atoms with Crippen molar-refractivity contribution in [3.63, 3.8) is 0 Å². The Kier molecular flexibility index (Phi) is 2.61. The van der Waals surface area contributed by atoms with E-state index in [1.165, 1.54) is 6.20 Å². The van der Waals surface area contributed by atoms with E-state index in [9.17, 15) is 4.79 Å². The third-order valence-corrected chi connectivity index (χ3v) is 2.76. The molecule has 0 fully saturated rings. The zero-order valence-electron chi connectivity index (χ0n) is 7.51. The number of carboxylic acids is 1. The number of halogens is 1. The third-order valence-electron chi connectivity index (χ3n) is 1.96. The van der Waals surface area contributed by atoms with Gasteiger partial charge in [0.1, 0.15) is 0 Å². The smallest absolute Gasteiger partial charge is 0.356 e. The Hall–Kier alpha value is -1.15. The topological polar surface area (TPSA) is 74.8 Å². The van der Waals surface area contributed by atoms with Crippen molar-refractivity contribution in [2.45, 2.75) is 6.61 Å². The van der Waals surface area contributed by atoms with E-state index in [-0.39, 0.29) is 12.3 Å². The second-order valence-electron chi connectivity index (χ2n) is 3.02. The van der Waals surface area contributed by atoms with Crippen molar-refractivity contribution >= 4 is 34.2 Å². The molecule has 0 atom stereocenters. The van der Waals surface area contributed by atoms with Crippen LogP contribution in [0.1, 0.15) is 16.1 Å². The molecule has 0 saturated carbocycles. The number of imidazole rings is 1. The molecule has 0 amide bonds. The maximum Gasteiger partial charge on any atom is 0.356 e. The molecule has 2 heterocycles. The maximum atomic E-state index is 10.7. The van der Waals surface area contributed by atoms with Gasteiger partial charge in [-0.1, -0.05) is 0 Å². The van der Waals surface area contributed by atoms with Gasteiger partial charge in [0.2, 0.25) is 0 Å². The van der Waals surface area contributed by atoms with Crippen molar-refractivity contribution in [1.29, 1.82) is 0 Å². The summed E-state index contributed by atoms with van der Waals surface area (Å²) >= 11 is 2.06. The number of pyridine rings is 1. The first-order valence-corrected chi connectivity index (χ1v) is 5.21. The average molecular weight is 318 g/mol. The highest BCUT2D eigenvalue weighted by atomic mass is 127. The van der Waals surface area contributed by atoms with E-state index in [0.717, 1.165) is 9.13 Å². The Morgan fingerprint density at radius 3 is 2.87 bits per heavy atom. The summed E-state index contributed by atoms with van der Waals surface area (Å²) in [7, 11) is 0. The van der Waals surface area contributed by atoms with E-state index in [4.69, 9.17) is 10.2 Å². The van der Waals surface area contributed by atoms with Crippen LogP contribution < -0.4 is 0 Å². The van der Waals surface area contributed by atoms with Crippen LogP contribution in [0.15, 0.2) is 18.5 Å². The molecule has 2 N–H and O–H groups in total. The Balaban J connectivity index is 2.69. The lowest BCUT2D eigenvalue weighted by atomic mass is 10.3. The first-order valence-electron chi connectivity index (χ1n) is 4.13. The molecule has 0 aliphatic rings. The van der Waals surface area contributed by atoms with E-state index in [2.05, 4.69) is 27.6 Å². The van der Waals surface area contributed by atoms with E-state index in [1.807, 2.05) is 0 Å². The normalized spacial score (nSPS) is 10.8. The highest BCUT2D eigenvalue weighted by molar-refractivity contribution is 14.1. The van der Waals surface area contributed by atoms with Crippen molar-refractivity contribution in [2.24, 2.45) is 0 Å². The number of hydrogen-bond acceptors (Lipinski definition) is 3. The molecule has 0 unspecified atom stereocenters. The molecule has 0 aromatic carbocycles. The third kappa shape index (κ3) is 1.82. The van der Waals surface area contributed by atoms with Gasteiger partial charge in [0.15, 0.2) is 11.3 Å². The van der Waals surface area contributed by atoms with E-state index in [0.29, 0.717) is 5.65 Å². The fourth-order valence-electron chi connectivity index (χ4n) is 1.30. The lowest BCUT2D eigenvalue weighted by Gasteiger charge is -2.00. The van der Waals surface area contributed by atoms with Crippen LogP contribution in [0, 0.1) is 3.57 Å². The van der Waals surface area contributed by atoms with Crippen molar-refractivity contribution in [3.8, 4) is 0 Å². The molecule has 0 aliphatic heterocycles. The number of carboxylic acid groups (broad SMARTS) is 1. The molecule has 0 aliphatic carbocycles. The first-order chi connectivity index (χ1) is 7.11. The molecule has 6 heteroatoms. The summed E-state index contributed by atoms with van der Waals surface area (Å²) in [6.45, 7) is -0.0769. The van der Waals surface area contributed by atoms with Gasteiger partial charge in [-0.15, -0.1) is 0 Å². The Labute approximate surface area is 98.5 Å². The minimum atomic E-state index is -1.06. The second kappa shape index (κ2) is 3.78. The number of carbonyl (C=O) groups is 1. The van der Waals surface area contributed by atoms with Crippen molar-refractivity contribution in [1.82, 2.24) is 9.38 Å². The van der Waals surface area contributed by atoms with E-state index in [1.54, 1.807) is 16.7 Å². The molecule has 0 bridgehead atoms. The number of fused-ring (bicyclic) bond motifs is 1. The van der Waals surface area contributed by atoms with Crippen LogP contribution in [0.4, 0.5) is 0 Å². The highest BCUT2D eigenvalue weighted by Crippen LogP contribution is 2.16. The summed E-state index contributed by atoms with van der Waals surface area (Å²) in [4.78, 5) is 14.7. The monoisotopic (exact) mass is 318 g/mol. The minimum Gasteiger partial charge on any atom is -0.476 e. The Morgan fingerprint density at radius 2 is 2.27 bits per heavy atom.